The largest absolute Gasteiger partial charge is 0.341 e. The summed E-state index contributed by atoms with van der Waals surface area (Å²) < 4.78 is 0. The third-order valence-electron chi connectivity index (χ3n) is 7.92. The maximum atomic E-state index is 13.5. The molecule has 4 nitrogen and oxygen atoms in total. The van der Waals surface area contributed by atoms with Gasteiger partial charge in [0.25, 0.3) is 0 Å². The summed E-state index contributed by atoms with van der Waals surface area (Å²) in [4.78, 5) is 30.4. The van der Waals surface area contributed by atoms with Crippen LogP contribution in [-0.2, 0) is 9.59 Å². The van der Waals surface area contributed by atoms with Crippen molar-refractivity contribution in [2.45, 2.75) is 71.6 Å². The summed E-state index contributed by atoms with van der Waals surface area (Å²) in [6.45, 7) is 7.34. The van der Waals surface area contributed by atoms with E-state index in [-0.39, 0.29) is 11.3 Å². The number of hydrogen-bond acceptors (Lipinski definition) is 2. The van der Waals surface area contributed by atoms with E-state index in [0.29, 0.717) is 11.8 Å². The molecule has 0 aromatic carbocycles. The molecule has 5 fully saturated rings. The lowest BCUT2D eigenvalue weighted by molar-refractivity contribution is -0.157. The number of amides is 2. The van der Waals surface area contributed by atoms with Gasteiger partial charge in [-0.2, -0.15) is 0 Å². The van der Waals surface area contributed by atoms with E-state index in [1.807, 2.05) is 4.90 Å². The van der Waals surface area contributed by atoms with Gasteiger partial charge in [-0.15, -0.1) is 0 Å². The number of nitrogens with zero attached hydrogens (tertiary/aromatic N) is 2. The van der Waals surface area contributed by atoms with Crippen molar-refractivity contribution in [2.75, 3.05) is 26.2 Å². The third-order valence-corrected chi connectivity index (χ3v) is 7.92. The lowest BCUT2D eigenvalue weighted by atomic mass is 9.49. The topological polar surface area (TPSA) is 40.6 Å². The summed E-state index contributed by atoms with van der Waals surface area (Å²) in [5.41, 5.74) is -0.0384. The highest BCUT2D eigenvalue weighted by atomic mass is 16.2. The lowest BCUT2D eigenvalue weighted by Crippen LogP contribution is -2.55. The standard InChI is InChI=1S/C22H36N2O2/c1-3-19(4-2)20(25)23-6-5-7-24(9-8-23)21(26)22-13-16-10-17(14-22)12-18(11-16)15-22/h16-19H,3-15H2,1-2H3. The smallest absolute Gasteiger partial charge is 0.228 e. The first kappa shape index (κ1) is 18.3. The van der Waals surface area contributed by atoms with Gasteiger partial charge >= 0.3 is 0 Å². The van der Waals surface area contributed by atoms with Gasteiger partial charge in [0.1, 0.15) is 0 Å². The molecule has 0 radical (unpaired) electrons. The molecule has 1 saturated heterocycles. The minimum atomic E-state index is -0.0384. The average molecular weight is 361 g/mol. The normalized spacial score (nSPS) is 36.5. The molecule has 4 bridgehead atoms. The first-order valence-electron chi connectivity index (χ1n) is 11.1. The van der Waals surface area contributed by atoms with Crippen LogP contribution in [0.4, 0.5) is 0 Å². The molecule has 5 aliphatic rings. The molecule has 1 aliphatic heterocycles. The maximum Gasteiger partial charge on any atom is 0.228 e. The Morgan fingerprint density at radius 3 is 1.88 bits per heavy atom. The second kappa shape index (κ2) is 7.16. The average Bonchev–Trinajstić information content (AvgIpc) is 2.87. The van der Waals surface area contributed by atoms with E-state index in [0.717, 1.165) is 82.5 Å². The first-order valence-corrected chi connectivity index (χ1v) is 11.1. The summed E-state index contributed by atoms with van der Waals surface area (Å²) >= 11 is 0. The Bertz CT molecular complexity index is 519. The maximum absolute atomic E-state index is 13.5. The molecule has 0 N–H and O–H groups in total. The Kier molecular flexibility index (Phi) is 5.04. The molecule has 4 saturated carbocycles. The van der Waals surface area contributed by atoms with Gasteiger partial charge in [-0.1, -0.05) is 13.8 Å². The van der Waals surface area contributed by atoms with Crippen molar-refractivity contribution in [1.29, 1.82) is 0 Å². The summed E-state index contributed by atoms with van der Waals surface area (Å²) in [6.07, 6.45) is 10.3. The molecule has 26 heavy (non-hydrogen) atoms. The number of carbonyl (C=O) groups is 2. The predicted molar refractivity (Wildman–Crippen MR) is 102 cm³/mol. The van der Waals surface area contributed by atoms with E-state index in [2.05, 4.69) is 18.7 Å². The molecule has 0 spiro atoms. The van der Waals surface area contributed by atoms with E-state index >= 15 is 0 Å². The second-order valence-corrected chi connectivity index (χ2v) is 9.68. The monoisotopic (exact) mass is 360 g/mol. The van der Waals surface area contributed by atoms with Crippen molar-refractivity contribution >= 4 is 11.8 Å². The van der Waals surface area contributed by atoms with E-state index in [4.69, 9.17) is 0 Å². The van der Waals surface area contributed by atoms with Gasteiger partial charge in [-0.05, 0) is 75.5 Å². The highest BCUT2D eigenvalue weighted by molar-refractivity contribution is 5.84. The molecule has 0 aromatic heterocycles. The zero-order valence-corrected chi connectivity index (χ0v) is 16.7. The minimum Gasteiger partial charge on any atom is -0.341 e. The van der Waals surface area contributed by atoms with Crippen molar-refractivity contribution in [3.63, 3.8) is 0 Å². The van der Waals surface area contributed by atoms with Crippen molar-refractivity contribution < 1.29 is 9.59 Å². The van der Waals surface area contributed by atoms with E-state index in [1.54, 1.807) is 0 Å². The number of rotatable bonds is 4. The van der Waals surface area contributed by atoms with Gasteiger partial charge in [0, 0.05) is 32.1 Å². The van der Waals surface area contributed by atoms with Crippen LogP contribution < -0.4 is 0 Å². The molecule has 0 atom stereocenters. The minimum absolute atomic E-state index is 0.0384. The number of carbonyl (C=O) groups excluding carboxylic acids is 2. The van der Waals surface area contributed by atoms with Crippen LogP contribution in [0.5, 0.6) is 0 Å². The fourth-order valence-electron chi connectivity index (χ4n) is 6.95. The van der Waals surface area contributed by atoms with Crippen molar-refractivity contribution in [1.82, 2.24) is 9.80 Å². The van der Waals surface area contributed by atoms with Gasteiger partial charge in [0.2, 0.25) is 11.8 Å². The Hall–Kier alpha value is -1.06. The summed E-state index contributed by atoms with van der Waals surface area (Å²) in [7, 11) is 0. The van der Waals surface area contributed by atoms with Crippen molar-refractivity contribution in [3.8, 4) is 0 Å². The Balaban J connectivity index is 1.41. The van der Waals surface area contributed by atoms with E-state index in [1.165, 1.54) is 19.3 Å². The summed E-state index contributed by atoms with van der Waals surface area (Å²) in [5, 5.41) is 0. The van der Waals surface area contributed by atoms with Gasteiger partial charge in [-0.3, -0.25) is 9.59 Å². The highest BCUT2D eigenvalue weighted by Crippen LogP contribution is 2.60. The molecular formula is C22H36N2O2. The molecule has 0 unspecified atom stereocenters. The van der Waals surface area contributed by atoms with Crippen LogP contribution in [0, 0.1) is 29.1 Å². The Labute approximate surface area is 158 Å². The molecular weight excluding hydrogens is 324 g/mol. The number of hydrogen-bond donors (Lipinski definition) is 0. The third kappa shape index (κ3) is 3.18. The fraction of sp³-hybridized carbons (Fsp3) is 0.909. The van der Waals surface area contributed by atoms with E-state index in [9.17, 15) is 9.59 Å². The SMILES string of the molecule is CCC(CC)C(=O)N1CCCN(C(=O)C23CC4CC(CC(C4)C2)C3)CC1. The molecule has 2 amide bonds. The van der Waals surface area contributed by atoms with Crippen LogP contribution in [-0.4, -0.2) is 47.8 Å². The van der Waals surface area contributed by atoms with Gasteiger partial charge < -0.3 is 9.80 Å². The van der Waals surface area contributed by atoms with Gasteiger partial charge in [-0.25, -0.2) is 0 Å². The second-order valence-electron chi connectivity index (χ2n) is 9.68. The lowest BCUT2D eigenvalue weighted by Gasteiger charge is -2.56. The van der Waals surface area contributed by atoms with Crippen LogP contribution in [0.3, 0.4) is 0 Å². The molecule has 4 heteroatoms. The Morgan fingerprint density at radius 2 is 1.35 bits per heavy atom. The predicted octanol–water partition coefficient (Wildman–Crippen LogP) is 3.70. The summed E-state index contributed by atoms with van der Waals surface area (Å²) in [5.74, 6) is 3.33. The van der Waals surface area contributed by atoms with Crippen LogP contribution in [0.25, 0.3) is 0 Å². The van der Waals surface area contributed by atoms with Gasteiger partial charge in [0.15, 0.2) is 0 Å². The Morgan fingerprint density at radius 1 is 0.846 bits per heavy atom. The fourth-order valence-corrected chi connectivity index (χ4v) is 6.95. The highest BCUT2D eigenvalue weighted by Gasteiger charge is 2.55. The zero-order valence-electron chi connectivity index (χ0n) is 16.7. The molecule has 0 aromatic rings. The van der Waals surface area contributed by atoms with Gasteiger partial charge in [0.05, 0.1) is 5.41 Å². The van der Waals surface area contributed by atoms with Crippen LogP contribution in [0.1, 0.15) is 71.6 Å². The molecule has 146 valence electrons. The first-order chi connectivity index (χ1) is 12.5. The summed E-state index contributed by atoms with van der Waals surface area (Å²) in [6, 6.07) is 0. The van der Waals surface area contributed by atoms with Crippen molar-refractivity contribution in [3.05, 3.63) is 0 Å². The van der Waals surface area contributed by atoms with Crippen molar-refractivity contribution in [2.24, 2.45) is 29.1 Å². The van der Waals surface area contributed by atoms with Crippen LogP contribution in [0.15, 0.2) is 0 Å². The van der Waals surface area contributed by atoms with E-state index < -0.39 is 0 Å². The molecule has 4 aliphatic carbocycles. The van der Waals surface area contributed by atoms with Crippen LogP contribution >= 0.6 is 0 Å². The molecule has 5 rings (SSSR count). The zero-order chi connectivity index (χ0) is 18.3. The molecule has 1 heterocycles. The van der Waals surface area contributed by atoms with Crippen LogP contribution in [0.2, 0.25) is 0 Å². The quantitative estimate of drug-likeness (QED) is 0.767.